The Hall–Kier alpha value is -1.14. The molecule has 0 bridgehead atoms. The highest BCUT2D eigenvalue weighted by molar-refractivity contribution is 5.79. The molecule has 0 aromatic heterocycles. The van der Waals surface area contributed by atoms with Crippen molar-refractivity contribution in [2.24, 2.45) is 5.92 Å². The van der Waals surface area contributed by atoms with Crippen LogP contribution in [0.15, 0.2) is 0 Å². The molecule has 1 saturated heterocycles. The smallest absolute Gasteiger partial charge is 0.233 e. The first-order valence-corrected chi connectivity index (χ1v) is 7.62. The van der Waals surface area contributed by atoms with E-state index in [9.17, 15) is 9.59 Å². The minimum absolute atomic E-state index is 0.0752. The predicted molar refractivity (Wildman–Crippen MR) is 77.3 cm³/mol. The molecule has 6 heteroatoms. The molecule has 0 spiro atoms. The highest BCUT2D eigenvalue weighted by atomic mass is 16.2. The Labute approximate surface area is 120 Å². The second kappa shape index (κ2) is 7.59. The maximum atomic E-state index is 11.7. The van der Waals surface area contributed by atoms with Crippen molar-refractivity contribution < 1.29 is 9.59 Å². The normalized spacial score (nSPS) is 21.2. The molecule has 0 unspecified atom stereocenters. The summed E-state index contributed by atoms with van der Waals surface area (Å²) in [6.07, 6.45) is 3.32. The van der Waals surface area contributed by atoms with Crippen LogP contribution in [0.1, 0.15) is 19.3 Å². The van der Waals surface area contributed by atoms with Crippen LogP contribution < -0.4 is 10.6 Å². The van der Waals surface area contributed by atoms with Crippen molar-refractivity contribution in [3.05, 3.63) is 0 Å². The van der Waals surface area contributed by atoms with E-state index in [4.69, 9.17) is 0 Å². The van der Waals surface area contributed by atoms with Gasteiger partial charge in [-0.25, -0.2) is 0 Å². The molecule has 114 valence electrons. The number of nitrogens with zero attached hydrogens (tertiary/aromatic N) is 2. The summed E-state index contributed by atoms with van der Waals surface area (Å²) in [5.74, 6) is 0.583. The highest BCUT2D eigenvalue weighted by Crippen LogP contribution is 2.25. The minimum atomic E-state index is 0.0752. The fourth-order valence-electron chi connectivity index (χ4n) is 2.61. The van der Waals surface area contributed by atoms with Crippen LogP contribution in [-0.2, 0) is 9.59 Å². The molecule has 1 aliphatic heterocycles. The Balaban J connectivity index is 1.55. The van der Waals surface area contributed by atoms with Gasteiger partial charge in [-0.1, -0.05) is 6.42 Å². The summed E-state index contributed by atoms with van der Waals surface area (Å²) in [7, 11) is 1.67. The molecular weight excluding hydrogens is 256 g/mol. The lowest BCUT2D eigenvalue weighted by Gasteiger charge is -2.34. The summed E-state index contributed by atoms with van der Waals surface area (Å²) in [4.78, 5) is 27.5. The molecule has 0 atom stereocenters. The third-order valence-corrected chi connectivity index (χ3v) is 4.31. The standard InChI is InChI=1S/C14H26N4O2/c1-15-13(19)11-18-9-7-17(8-10-18)6-5-16-14(20)12-3-2-4-12/h12H,2-11H2,1H3,(H,15,19)(H,16,20). The van der Waals surface area contributed by atoms with Gasteiger partial charge in [0, 0.05) is 52.2 Å². The first kappa shape index (κ1) is 15.3. The topological polar surface area (TPSA) is 64.7 Å². The average Bonchev–Trinajstić information content (AvgIpc) is 2.38. The van der Waals surface area contributed by atoms with E-state index in [2.05, 4.69) is 20.4 Å². The fourth-order valence-corrected chi connectivity index (χ4v) is 2.61. The summed E-state index contributed by atoms with van der Waals surface area (Å²) in [5, 5.41) is 5.68. The Morgan fingerprint density at radius 1 is 1.10 bits per heavy atom. The number of nitrogens with one attached hydrogen (secondary N) is 2. The molecule has 1 saturated carbocycles. The first-order valence-electron chi connectivity index (χ1n) is 7.62. The van der Waals surface area contributed by atoms with E-state index >= 15 is 0 Å². The molecule has 0 aromatic rings. The lowest BCUT2D eigenvalue weighted by molar-refractivity contribution is -0.127. The van der Waals surface area contributed by atoms with Gasteiger partial charge in [-0.15, -0.1) is 0 Å². The van der Waals surface area contributed by atoms with Crippen LogP contribution in [0.3, 0.4) is 0 Å². The lowest BCUT2D eigenvalue weighted by atomic mass is 9.85. The second-order valence-corrected chi connectivity index (χ2v) is 5.71. The zero-order valence-electron chi connectivity index (χ0n) is 12.4. The van der Waals surface area contributed by atoms with Gasteiger partial charge in [0.05, 0.1) is 6.54 Å². The number of carbonyl (C=O) groups excluding carboxylic acids is 2. The van der Waals surface area contributed by atoms with Gasteiger partial charge < -0.3 is 10.6 Å². The molecule has 2 fully saturated rings. The Morgan fingerprint density at radius 3 is 2.30 bits per heavy atom. The molecule has 2 aliphatic rings. The van der Waals surface area contributed by atoms with Crippen LogP contribution in [0.25, 0.3) is 0 Å². The second-order valence-electron chi connectivity index (χ2n) is 5.71. The van der Waals surface area contributed by atoms with Gasteiger partial charge in [0.15, 0.2) is 0 Å². The maximum absolute atomic E-state index is 11.7. The summed E-state index contributed by atoms with van der Waals surface area (Å²) < 4.78 is 0. The Morgan fingerprint density at radius 2 is 1.75 bits per heavy atom. The van der Waals surface area contributed by atoms with E-state index in [1.54, 1.807) is 7.05 Å². The number of amides is 2. The zero-order chi connectivity index (χ0) is 14.4. The van der Waals surface area contributed by atoms with E-state index in [1.165, 1.54) is 6.42 Å². The van der Waals surface area contributed by atoms with Crippen LogP contribution in [0, 0.1) is 5.92 Å². The molecule has 2 rings (SSSR count). The van der Waals surface area contributed by atoms with Gasteiger partial charge in [0.2, 0.25) is 11.8 Å². The maximum Gasteiger partial charge on any atom is 0.233 e. The first-order chi connectivity index (χ1) is 9.69. The molecular formula is C14H26N4O2. The molecule has 2 N–H and O–H groups in total. The number of likely N-dealkylation sites (N-methyl/N-ethyl adjacent to an activating group) is 1. The Bertz CT molecular complexity index is 336. The molecule has 1 aliphatic carbocycles. The summed E-state index contributed by atoms with van der Waals surface area (Å²) in [6, 6.07) is 0. The molecule has 0 radical (unpaired) electrons. The quantitative estimate of drug-likeness (QED) is 0.674. The number of carbonyl (C=O) groups is 2. The summed E-state index contributed by atoms with van der Waals surface area (Å²) in [5.41, 5.74) is 0. The number of piperazine rings is 1. The van der Waals surface area contributed by atoms with Gasteiger partial charge in [-0.2, -0.15) is 0 Å². The van der Waals surface area contributed by atoms with Crippen LogP contribution in [-0.4, -0.2) is 74.5 Å². The zero-order valence-corrected chi connectivity index (χ0v) is 12.4. The largest absolute Gasteiger partial charge is 0.358 e. The van der Waals surface area contributed by atoms with Gasteiger partial charge in [-0.05, 0) is 12.8 Å². The monoisotopic (exact) mass is 282 g/mol. The van der Waals surface area contributed by atoms with Crippen molar-refractivity contribution in [2.75, 3.05) is 52.9 Å². The van der Waals surface area contributed by atoms with Crippen LogP contribution in [0.4, 0.5) is 0 Å². The van der Waals surface area contributed by atoms with Gasteiger partial charge in [-0.3, -0.25) is 19.4 Å². The molecule has 1 heterocycles. The van der Waals surface area contributed by atoms with E-state index in [1.807, 2.05) is 0 Å². The lowest BCUT2D eigenvalue weighted by Crippen LogP contribution is -2.50. The molecule has 20 heavy (non-hydrogen) atoms. The molecule has 2 amide bonds. The van der Waals surface area contributed by atoms with Crippen molar-refractivity contribution in [1.29, 1.82) is 0 Å². The van der Waals surface area contributed by atoms with E-state index < -0.39 is 0 Å². The van der Waals surface area contributed by atoms with Gasteiger partial charge in [0.1, 0.15) is 0 Å². The minimum Gasteiger partial charge on any atom is -0.358 e. The van der Waals surface area contributed by atoms with Crippen molar-refractivity contribution in [2.45, 2.75) is 19.3 Å². The van der Waals surface area contributed by atoms with E-state index in [0.29, 0.717) is 6.54 Å². The van der Waals surface area contributed by atoms with Gasteiger partial charge in [0.25, 0.3) is 0 Å². The third kappa shape index (κ3) is 4.45. The highest BCUT2D eigenvalue weighted by Gasteiger charge is 2.25. The van der Waals surface area contributed by atoms with E-state index in [0.717, 1.165) is 52.1 Å². The predicted octanol–water partition coefficient (Wildman–Crippen LogP) is -0.734. The third-order valence-electron chi connectivity index (χ3n) is 4.31. The Kier molecular flexibility index (Phi) is 5.79. The number of hydrogen-bond acceptors (Lipinski definition) is 4. The van der Waals surface area contributed by atoms with Crippen LogP contribution >= 0.6 is 0 Å². The van der Waals surface area contributed by atoms with Crippen molar-refractivity contribution >= 4 is 11.8 Å². The molecule has 6 nitrogen and oxygen atoms in total. The summed E-state index contributed by atoms with van der Waals surface area (Å²) >= 11 is 0. The number of rotatable bonds is 6. The van der Waals surface area contributed by atoms with Crippen molar-refractivity contribution in [3.63, 3.8) is 0 Å². The van der Waals surface area contributed by atoms with Crippen LogP contribution in [0.5, 0.6) is 0 Å². The molecule has 0 aromatic carbocycles. The van der Waals surface area contributed by atoms with Gasteiger partial charge >= 0.3 is 0 Å². The SMILES string of the molecule is CNC(=O)CN1CCN(CCNC(=O)C2CCC2)CC1. The van der Waals surface area contributed by atoms with Crippen molar-refractivity contribution in [3.8, 4) is 0 Å². The average molecular weight is 282 g/mol. The van der Waals surface area contributed by atoms with E-state index in [-0.39, 0.29) is 17.7 Å². The number of hydrogen-bond donors (Lipinski definition) is 2. The van der Waals surface area contributed by atoms with Crippen molar-refractivity contribution in [1.82, 2.24) is 20.4 Å². The van der Waals surface area contributed by atoms with Crippen LogP contribution in [0.2, 0.25) is 0 Å². The fraction of sp³-hybridized carbons (Fsp3) is 0.857. The summed E-state index contributed by atoms with van der Waals surface area (Å²) in [6.45, 7) is 5.92.